The number of fused-ring (bicyclic) bond motifs is 1. The lowest BCUT2D eigenvalue weighted by molar-refractivity contribution is 0.114. The van der Waals surface area contributed by atoms with E-state index < -0.39 is 0 Å². The minimum absolute atomic E-state index is 0.684. The average molecular weight is 439 g/mol. The molecule has 0 bridgehead atoms. The van der Waals surface area contributed by atoms with E-state index in [1.807, 2.05) is 18.3 Å². The maximum Gasteiger partial charge on any atom is 0.257 e. The van der Waals surface area contributed by atoms with Crippen LogP contribution in [0.15, 0.2) is 34.7 Å². The average Bonchev–Trinajstić information content (AvgIpc) is 3.43. The van der Waals surface area contributed by atoms with Gasteiger partial charge in [0.2, 0.25) is 5.89 Å². The first-order valence-electron chi connectivity index (χ1n) is 11.4. The molecule has 0 atom stereocenters. The van der Waals surface area contributed by atoms with Gasteiger partial charge in [0, 0.05) is 37.6 Å². The Morgan fingerprint density at radius 1 is 0.968 bits per heavy atom. The van der Waals surface area contributed by atoms with E-state index >= 15 is 0 Å². The van der Waals surface area contributed by atoms with Crippen LogP contribution in [0.25, 0.3) is 10.8 Å². The summed E-state index contributed by atoms with van der Waals surface area (Å²) in [7, 11) is 0. The molecule has 0 unspecified atom stereocenters. The second-order valence-electron chi connectivity index (χ2n) is 8.40. The molecule has 3 aromatic rings. The fraction of sp³-hybridized carbons (Fsp3) is 0.500. The Morgan fingerprint density at radius 3 is 2.45 bits per heavy atom. The second kappa shape index (κ2) is 9.51. The van der Waals surface area contributed by atoms with Crippen molar-refractivity contribution in [2.24, 2.45) is 0 Å². The van der Waals surface area contributed by atoms with Crippen LogP contribution in [0.5, 0.6) is 5.75 Å². The largest absolute Gasteiger partial charge is 0.494 e. The number of hydrogen-bond donors (Lipinski definition) is 0. The number of benzene rings is 1. The third-order valence-corrected chi connectivity index (χ3v) is 7.36. The summed E-state index contributed by atoms with van der Waals surface area (Å²) in [6.07, 6.45) is 4.98. The summed E-state index contributed by atoms with van der Waals surface area (Å²) in [6.45, 7) is 8.56. The standard InChI is InChI=1S/C24H30N4O2S/c1-2-29-20-9-7-18(8-10-20)16-27-11-13-28(14-12-27)17-23-25-26-24(30-23)22-15-19-5-3-4-6-21(19)31-22/h7-10,15H,2-6,11-14,16-17H2,1H3. The molecule has 31 heavy (non-hydrogen) atoms. The molecule has 0 saturated carbocycles. The molecule has 3 heterocycles. The number of piperazine rings is 1. The van der Waals surface area contributed by atoms with Gasteiger partial charge in [-0.3, -0.25) is 9.80 Å². The Hall–Kier alpha value is -2.22. The topological polar surface area (TPSA) is 54.6 Å². The van der Waals surface area contributed by atoms with Gasteiger partial charge in [0.15, 0.2) is 0 Å². The molecule has 0 radical (unpaired) electrons. The van der Waals surface area contributed by atoms with E-state index in [-0.39, 0.29) is 0 Å². The molecule has 0 N–H and O–H groups in total. The van der Waals surface area contributed by atoms with Crippen LogP contribution in [0, 0.1) is 0 Å². The summed E-state index contributed by atoms with van der Waals surface area (Å²) in [5.74, 6) is 2.35. The monoisotopic (exact) mass is 438 g/mol. The zero-order valence-electron chi connectivity index (χ0n) is 18.2. The van der Waals surface area contributed by atoms with E-state index in [9.17, 15) is 0 Å². The number of aromatic nitrogens is 2. The van der Waals surface area contributed by atoms with Gasteiger partial charge in [0.25, 0.3) is 5.89 Å². The van der Waals surface area contributed by atoms with Crippen LogP contribution < -0.4 is 4.74 Å². The van der Waals surface area contributed by atoms with Gasteiger partial charge in [0.1, 0.15) is 5.75 Å². The Bertz CT molecular complexity index is 966. The van der Waals surface area contributed by atoms with Crippen LogP contribution in [0.2, 0.25) is 0 Å². The van der Waals surface area contributed by atoms with Crippen molar-refractivity contribution in [3.05, 3.63) is 52.2 Å². The highest BCUT2D eigenvalue weighted by atomic mass is 32.1. The van der Waals surface area contributed by atoms with Gasteiger partial charge in [-0.2, -0.15) is 0 Å². The maximum absolute atomic E-state index is 6.02. The maximum atomic E-state index is 6.02. The van der Waals surface area contributed by atoms with Gasteiger partial charge in [0.05, 0.1) is 18.0 Å². The third kappa shape index (κ3) is 5.00. The Morgan fingerprint density at radius 2 is 1.71 bits per heavy atom. The van der Waals surface area contributed by atoms with Gasteiger partial charge in [-0.25, -0.2) is 0 Å². The van der Waals surface area contributed by atoms with Gasteiger partial charge in [-0.15, -0.1) is 21.5 Å². The summed E-state index contributed by atoms with van der Waals surface area (Å²) in [5.41, 5.74) is 2.81. The van der Waals surface area contributed by atoms with Crippen molar-refractivity contribution in [2.45, 2.75) is 45.7 Å². The predicted molar refractivity (Wildman–Crippen MR) is 122 cm³/mol. The number of ether oxygens (including phenoxy) is 1. The van der Waals surface area contributed by atoms with E-state index in [0.29, 0.717) is 12.5 Å². The van der Waals surface area contributed by atoms with Gasteiger partial charge in [-0.05, 0) is 61.9 Å². The van der Waals surface area contributed by atoms with Crippen LogP contribution in [0.1, 0.15) is 41.7 Å². The molecule has 1 fully saturated rings. The number of aryl methyl sites for hydroxylation is 2. The first kappa shape index (κ1) is 20.7. The Kier molecular flexibility index (Phi) is 6.34. The van der Waals surface area contributed by atoms with Crippen molar-refractivity contribution in [2.75, 3.05) is 32.8 Å². The number of nitrogens with zero attached hydrogens (tertiary/aromatic N) is 4. The minimum atomic E-state index is 0.684. The van der Waals surface area contributed by atoms with E-state index in [1.54, 1.807) is 0 Å². The molecule has 2 aliphatic rings. The Balaban J connectivity index is 1.12. The zero-order chi connectivity index (χ0) is 21.0. The van der Waals surface area contributed by atoms with Crippen molar-refractivity contribution in [3.8, 4) is 16.5 Å². The molecule has 1 aliphatic carbocycles. The van der Waals surface area contributed by atoms with Gasteiger partial charge >= 0.3 is 0 Å². The number of rotatable bonds is 7. The molecule has 1 saturated heterocycles. The quantitative estimate of drug-likeness (QED) is 0.545. The van der Waals surface area contributed by atoms with E-state index in [0.717, 1.165) is 55.8 Å². The fourth-order valence-electron chi connectivity index (χ4n) is 4.43. The molecule has 7 heteroatoms. The van der Waals surface area contributed by atoms with E-state index in [1.165, 1.54) is 41.7 Å². The SMILES string of the molecule is CCOc1ccc(CN2CCN(Cc3nnc(-c4cc5c(s4)CCCC5)o3)CC2)cc1. The highest BCUT2D eigenvalue weighted by Gasteiger charge is 2.21. The molecule has 2 aromatic heterocycles. The fourth-order valence-corrected chi connectivity index (χ4v) is 5.60. The van der Waals surface area contributed by atoms with Crippen LogP contribution in [0.4, 0.5) is 0 Å². The second-order valence-corrected chi connectivity index (χ2v) is 9.53. The lowest BCUT2D eigenvalue weighted by Gasteiger charge is -2.33. The molecular formula is C24H30N4O2S. The lowest BCUT2D eigenvalue weighted by atomic mass is 9.99. The zero-order valence-corrected chi connectivity index (χ0v) is 19.0. The van der Waals surface area contributed by atoms with Crippen molar-refractivity contribution in [3.63, 3.8) is 0 Å². The predicted octanol–water partition coefficient (Wildman–Crippen LogP) is 4.39. The van der Waals surface area contributed by atoms with Crippen molar-refractivity contribution >= 4 is 11.3 Å². The summed E-state index contributed by atoms with van der Waals surface area (Å²) in [5, 5.41) is 8.66. The van der Waals surface area contributed by atoms with Gasteiger partial charge < -0.3 is 9.15 Å². The Labute approximate surface area is 187 Å². The molecule has 1 aliphatic heterocycles. The van der Waals surface area contributed by atoms with Crippen LogP contribution in [0.3, 0.4) is 0 Å². The summed E-state index contributed by atoms with van der Waals surface area (Å²) < 4.78 is 11.6. The lowest BCUT2D eigenvalue weighted by Crippen LogP contribution is -2.45. The van der Waals surface area contributed by atoms with Gasteiger partial charge in [-0.1, -0.05) is 12.1 Å². The van der Waals surface area contributed by atoms with Crippen LogP contribution in [-0.2, 0) is 25.9 Å². The minimum Gasteiger partial charge on any atom is -0.494 e. The molecule has 1 aromatic carbocycles. The van der Waals surface area contributed by atoms with Crippen molar-refractivity contribution < 1.29 is 9.15 Å². The van der Waals surface area contributed by atoms with E-state index in [2.05, 4.69) is 50.3 Å². The van der Waals surface area contributed by atoms with E-state index in [4.69, 9.17) is 9.15 Å². The smallest absolute Gasteiger partial charge is 0.257 e. The molecule has 5 rings (SSSR count). The first-order chi connectivity index (χ1) is 15.3. The normalized spacial score (nSPS) is 17.6. The molecule has 164 valence electrons. The van der Waals surface area contributed by atoms with Crippen LogP contribution >= 0.6 is 11.3 Å². The molecule has 0 amide bonds. The first-order valence-corrected chi connectivity index (χ1v) is 12.2. The number of thiophene rings is 1. The summed E-state index contributed by atoms with van der Waals surface area (Å²) in [4.78, 5) is 7.54. The highest BCUT2D eigenvalue weighted by molar-refractivity contribution is 7.15. The summed E-state index contributed by atoms with van der Waals surface area (Å²) in [6, 6.07) is 10.7. The third-order valence-electron chi connectivity index (χ3n) is 6.14. The number of hydrogen-bond acceptors (Lipinski definition) is 7. The van der Waals surface area contributed by atoms with Crippen molar-refractivity contribution in [1.82, 2.24) is 20.0 Å². The highest BCUT2D eigenvalue weighted by Crippen LogP contribution is 2.35. The molecule has 6 nitrogen and oxygen atoms in total. The van der Waals surface area contributed by atoms with Crippen molar-refractivity contribution in [1.29, 1.82) is 0 Å². The molecule has 0 spiro atoms. The van der Waals surface area contributed by atoms with Crippen LogP contribution in [-0.4, -0.2) is 52.8 Å². The molecular weight excluding hydrogens is 408 g/mol. The summed E-state index contributed by atoms with van der Waals surface area (Å²) >= 11 is 1.83.